The fourth-order valence-electron chi connectivity index (χ4n) is 3.21. The van der Waals surface area contributed by atoms with E-state index in [1.165, 1.54) is 25.3 Å². The molecule has 0 aliphatic heterocycles. The van der Waals surface area contributed by atoms with Crippen molar-refractivity contribution in [3.05, 3.63) is 27.2 Å². The molecule has 0 amide bonds. The highest BCUT2D eigenvalue weighted by Crippen LogP contribution is 2.34. The van der Waals surface area contributed by atoms with E-state index in [0.717, 1.165) is 29.8 Å². The summed E-state index contributed by atoms with van der Waals surface area (Å²) in [6, 6.07) is 3.79. The number of aromatic nitrogens is 2. The zero-order valence-electron chi connectivity index (χ0n) is 11.5. The van der Waals surface area contributed by atoms with Crippen LogP contribution >= 0.6 is 28.1 Å². The molecular weight excluding hydrogens is 339 g/mol. The molecule has 1 heterocycles. The number of nitrogens with one attached hydrogen (secondary N) is 1. The van der Waals surface area contributed by atoms with Gasteiger partial charge in [0.05, 0.1) is 15.5 Å². The third-order valence-electron chi connectivity index (χ3n) is 4.35. The van der Waals surface area contributed by atoms with Gasteiger partial charge in [-0.1, -0.05) is 19.8 Å². The van der Waals surface area contributed by atoms with Crippen LogP contribution in [0.3, 0.4) is 0 Å². The molecule has 2 aromatic rings. The minimum Gasteiger partial charge on any atom is -0.330 e. The maximum atomic E-state index is 13.6. The van der Waals surface area contributed by atoms with E-state index in [4.69, 9.17) is 12.2 Å². The highest BCUT2D eigenvalue weighted by atomic mass is 79.9. The lowest BCUT2D eigenvalue weighted by Gasteiger charge is -2.17. The highest BCUT2D eigenvalue weighted by molar-refractivity contribution is 9.10. The number of hydrogen-bond donors (Lipinski definition) is 1. The van der Waals surface area contributed by atoms with Crippen LogP contribution in [0.4, 0.5) is 4.39 Å². The van der Waals surface area contributed by atoms with Crippen molar-refractivity contribution in [2.75, 3.05) is 0 Å². The van der Waals surface area contributed by atoms with Gasteiger partial charge >= 0.3 is 0 Å². The number of benzene rings is 1. The van der Waals surface area contributed by atoms with Gasteiger partial charge in [-0.25, -0.2) is 4.39 Å². The molecule has 1 aliphatic rings. The lowest BCUT2D eigenvalue weighted by Crippen LogP contribution is -2.08. The predicted octanol–water partition coefficient (Wildman–Crippen LogP) is 5.74. The summed E-state index contributed by atoms with van der Waals surface area (Å²) in [5.41, 5.74) is 1.79. The summed E-state index contributed by atoms with van der Waals surface area (Å²) in [4.78, 5) is 3.14. The summed E-state index contributed by atoms with van der Waals surface area (Å²) >= 11 is 8.74. The van der Waals surface area contributed by atoms with E-state index in [1.54, 1.807) is 0 Å². The van der Waals surface area contributed by atoms with E-state index in [-0.39, 0.29) is 5.82 Å². The molecule has 0 bridgehead atoms. The molecule has 2 atom stereocenters. The lowest BCUT2D eigenvalue weighted by molar-refractivity contribution is 0.438. The minimum atomic E-state index is -0.254. The number of hydrogen-bond acceptors (Lipinski definition) is 1. The summed E-state index contributed by atoms with van der Waals surface area (Å²) in [5.74, 6) is 0.541. The Hall–Kier alpha value is -0.680. The Balaban J connectivity index is 2.08. The van der Waals surface area contributed by atoms with Gasteiger partial charge in [-0.2, -0.15) is 0 Å². The fourth-order valence-corrected chi connectivity index (χ4v) is 3.90. The zero-order valence-corrected chi connectivity index (χ0v) is 13.9. The second kappa shape index (κ2) is 5.60. The SMILES string of the molecule is CC1CCCC(n2c(=S)[nH]c3cc(F)c(Br)cc32)CC1. The monoisotopic (exact) mass is 356 g/mol. The third-order valence-corrected chi connectivity index (χ3v) is 5.26. The second-order valence-corrected chi connectivity index (χ2v) is 7.09. The average Bonchev–Trinajstić information content (AvgIpc) is 2.57. The van der Waals surface area contributed by atoms with Crippen molar-refractivity contribution < 1.29 is 4.39 Å². The average molecular weight is 357 g/mol. The van der Waals surface area contributed by atoms with Crippen LogP contribution in [0, 0.1) is 16.5 Å². The number of imidazole rings is 1. The predicted molar refractivity (Wildman–Crippen MR) is 86.1 cm³/mol. The number of nitrogens with zero attached hydrogens (tertiary/aromatic N) is 1. The van der Waals surface area contributed by atoms with E-state index in [1.807, 2.05) is 6.07 Å². The first-order valence-electron chi connectivity index (χ1n) is 7.15. The summed E-state index contributed by atoms with van der Waals surface area (Å²) < 4.78 is 17.0. The molecule has 0 saturated heterocycles. The molecule has 0 radical (unpaired) electrons. The molecular formula is C15H18BrFN2S. The van der Waals surface area contributed by atoms with Gasteiger partial charge in [0.25, 0.3) is 0 Å². The van der Waals surface area contributed by atoms with E-state index in [0.29, 0.717) is 15.3 Å². The normalized spacial score (nSPS) is 23.9. The van der Waals surface area contributed by atoms with Gasteiger partial charge in [0.15, 0.2) is 4.77 Å². The molecule has 1 aliphatic carbocycles. The maximum absolute atomic E-state index is 13.6. The van der Waals surface area contributed by atoms with Crippen LogP contribution in [0.25, 0.3) is 11.0 Å². The van der Waals surface area contributed by atoms with Crippen molar-refractivity contribution in [1.82, 2.24) is 9.55 Å². The van der Waals surface area contributed by atoms with Gasteiger partial charge in [0.2, 0.25) is 0 Å². The van der Waals surface area contributed by atoms with Crippen LogP contribution in [-0.4, -0.2) is 9.55 Å². The van der Waals surface area contributed by atoms with Crippen molar-refractivity contribution >= 4 is 39.2 Å². The van der Waals surface area contributed by atoms with Crippen LogP contribution in [0.15, 0.2) is 16.6 Å². The van der Waals surface area contributed by atoms with Gasteiger partial charge in [-0.3, -0.25) is 0 Å². The van der Waals surface area contributed by atoms with Crippen LogP contribution in [0.1, 0.15) is 45.1 Å². The van der Waals surface area contributed by atoms with Crippen LogP contribution < -0.4 is 0 Å². The molecule has 20 heavy (non-hydrogen) atoms. The molecule has 2 nitrogen and oxygen atoms in total. The molecule has 1 aromatic carbocycles. The first-order chi connectivity index (χ1) is 9.56. The number of halogens is 2. The fraction of sp³-hybridized carbons (Fsp3) is 0.533. The standard InChI is InChI=1S/C15H18BrFN2S/c1-9-3-2-4-10(6-5-9)19-14-7-11(16)12(17)8-13(14)18-15(19)20/h7-10H,2-6H2,1H3,(H,18,20). The van der Waals surface area contributed by atoms with E-state index < -0.39 is 0 Å². The largest absolute Gasteiger partial charge is 0.330 e. The van der Waals surface area contributed by atoms with Crippen LogP contribution in [0.2, 0.25) is 0 Å². The quantitative estimate of drug-likeness (QED) is 0.510. The Bertz CT molecular complexity index is 691. The van der Waals surface area contributed by atoms with Gasteiger partial charge in [0.1, 0.15) is 5.82 Å². The molecule has 1 aromatic heterocycles. The van der Waals surface area contributed by atoms with Crippen molar-refractivity contribution in [2.24, 2.45) is 5.92 Å². The maximum Gasteiger partial charge on any atom is 0.178 e. The molecule has 1 N–H and O–H groups in total. The van der Waals surface area contributed by atoms with Gasteiger partial charge in [-0.05, 0) is 59.4 Å². The van der Waals surface area contributed by atoms with Gasteiger partial charge in [-0.15, -0.1) is 0 Å². The first kappa shape index (κ1) is 14.3. The summed E-state index contributed by atoms with van der Waals surface area (Å²) in [5, 5.41) is 0. The van der Waals surface area contributed by atoms with Gasteiger partial charge < -0.3 is 9.55 Å². The summed E-state index contributed by atoms with van der Waals surface area (Å²) in [6.07, 6.45) is 6.08. The number of H-pyrrole nitrogens is 1. The molecule has 2 unspecified atom stereocenters. The van der Waals surface area contributed by atoms with Crippen molar-refractivity contribution in [3.8, 4) is 0 Å². The van der Waals surface area contributed by atoms with E-state index >= 15 is 0 Å². The number of aromatic amines is 1. The molecule has 108 valence electrons. The lowest BCUT2D eigenvalue weighted by atomic mass is 10.0. The zero-order chi connectivity index (χ0) is 14.3. The van der Waals surface area contributed by atoms with Crippen molar-refractivity contribution in [3.63, 3.8) is 0 Å². The molecule has 1 saturated carbocycles. The Morgan fingerprint density at radius 2 is 2.10 bits per heavy atom. The van der Waals surface area contributed by atoms with Crippen molar-refractivity contribution in [1.29, 1.82) is 0 Å². The second-order valence-electron chi connectivity index (χ2n) is 5.85. The third kappa shape index (κ3) is 2.58. The summed E-state index contributed by atoms with van der Waals surface area (Å²) in [6.45, 7) is 2.32. The Morgan fingerprint density at radius 3 is 2.90 bits per heavy atom. The van der Waals surface area contributed by atoms with Crippen LogP contribution in [0.5, 0.6) is 0 Å². The number of rotatable bonds is 1. The van der Waals surface area contributed by atoms with Gasteiger partial charge in [0, 0.05) is 12.1 Å². The molecule has 3 rings (SSSR count). The Morgan fingerprint density at radius 1 is 1.30 bits per heavy atom. The first-order valence-corrected chi connectivity index (χ1v) is 8.35. The Kier molecular flexibility index (Phi) is 4.00. The van der Waals surface area contributed by atoms with Crippen LogP contribution in [-0.2, 0) is 0 Å². The molecule has 0 spiro atoms. The van der Waals surface area contributed by atoms with E-state index in [9.17, 15) is 4.39 Å². The van der Waals surface area contributed by atoms with Crippen molar-refractivity contribution in [2.45, 2.75) is 45.1 Å². The smallest absolute Gasteiger partial charge is 0.178 e. The van der Waals surface area contributed by atoms with E-state index in [2.05, 4.69) is 32.4 Å². The Labute approximate surface area is 131 Å². The topological polar surface area (TPSA) is 20.7 Å². The minimum absolute atomic E-state index is 0.254. The summed E-state index contributed by atoms with van der Waals surface area (Å²) in [7, 11) is 0. The molecule has 1 fully saturated rings. The molecule has 5 heteroatoms. The number of fused-ring (bicyclic) bond motifs is 1. The highest BCUT2D eigenvalue weighted by Gasteiger charge is 2.20.